The Hall–Kier alpha value is -3.75. The van der Waals surface area contributed by atoms with Crippen LogP contribution >= 0.6 is 0 Å². The van der Waals surface area contributed by atoms with Crippen LogP contribution in [0.3, 0.4) is 0 Å². The second-order valence-corrected chi connectivity index (χ2v) is 7.51. The highest BCUT2D eigenvalue weighted by Crippen LogP contribution is 2.32. The van der Waals surface area contributed by atoms with Crippen LogP contribution in [0.15, 0.2) is 42.5 Å². The Morgan fingerprint density at radius 2 is 1.67 bits per heavy atom. The van der Waals surface area contributed by atoms with E-state index in [0.717, 1.165) is 0 Å². The fraction of sp³-hybridized carbons (Fsp3) is 0.286. The molecule has 3 amide bonds. The van der Waals surface area contributed by atoms with Crippen molar-refractivity contribution in [1.29, 1.82) is 0 Å². The topological polar surface area (TPSA) is 115 Å². The van der Waals surface area contributed by atoms with Gasteiger partial charge in [-0.2, -0.15) is 0 Å². The Morgan fingerprint density at radius 3 is 2.40 bits per heavy atom. The van der Waals surface area contributed by atoms with E-state index in [-0.39, 0.29) is 19.2 Å². The lowest BCUT2D eigenvalue weighted by atomic mass is 10.2. The third kappa shape index (κ3) is 5.87. The lowest BCUT2D eigenvalue weighted by molar-refractivity contribution is -0.115. The summed E-state index contributed by atoms with van der Waals surface area (Å²) in [5, 5.41) is 7.80. The summed E-state index contributed by atoms with van der Waals surface area (Å²) < 4.78 is 15.6. The predicted molar refractivity (Wildman–Crippen MR) is 110 cm³/mol. The molecule has 0 unspecified atom stereocenters. The first-order chi connectivity index (χ1) is 14.2. The summed E-state index contributed by atoms with van der Waals surface area (Å²) in [5.41, 5.74) is 0.728. The number of rotatable bonds is 5. The van der Waals surface area contributed by atoms with Crippen LogP contribution in [0.4, 0.5) is 16.2 Å². The van der Waals surface area contributed by atoms with E-state index < -0.39 is 17.6 Å². The lowest BCUT2D eigenvalue weighted by Gasteiger charge is -2.19. The Kier molecular flexibility index (Phi) is 6.10. The van der Waals surface area contributed by atoms with Gasteiger partial charge in [0.25, 0.3) is 5.91 Å². The van der Waals surface area contributed by atoms with E-state index in [0.29, 0.717) is 28.4 Å². The third-order valence-corrected chi connectivity index (χ3v) is 3.83. The number of fused-ring (bicyclic) bond motifs is 1. The summed E-state index contributed by atoms with van der Waals surface area (Å²) in [6, 6.07) is 11.6. The van der Waals surface area contributed by atoms with Crippen LogP contribution in [0, 0.1) is 0 Å². The molecule has 3 N–H and O–H groups in total. The van der Waals surface area contributed by atoms with Gasteiger partial charge in [-0.1, -0.05) is 6.07 Å². The zero-order chi connectivity index (χ0) is 21.7. The molecule has 0 saturated carbocycles. The minimum atomic E-state index is -0.678. The number of hydrogen-bond donors (Lipinski definition) is 3. The second kappa shape index (κ2) is 8.73. The molecule has 0 bridgehead atoms. The maximum atomic E-state index is 12.5. The Labute approximate surface area is 173 Å². The predicted octanol–water partition coefficient (Wildman–Crippen LogP) is 3.13. The van der Waals surface area contributed by atoms with Crippen LogP contribution in [0.5, 0.6) is 11.5 Å². The summed E-state index contributed by atoms with van der Waals surface area (Å²) in [7, 11) is 0. The van der Waals surface area contributed by atoms with Gasteiger partial charge in [-0.3, -0.25) is 9.59 Å². The largest absolute Gasteiger partial charge is 0.454 e. The van der Waals surface area contributed by atoms with Crippen LogP contribution in [0.25, 0.3) is 0 Å². The highest BCUT2D eigenvalue weighted by Gasteiger charge is 2.18. The zero-order valence-corrected chi connectivity index (χ0v) is 16.9. The molecule has 0 fully saturated rings. The molecule has 0 atom stereocenters. The molecule has 158 valence electrons. The smallest absolute Gasteiger partial charge is 0.408 e. The Morgan fingerprint density at radius 1 is 0.967 bits per heavy atom. The van der Waals surface area contributed by atoms with Crippen molar-refractivity contribution in [3.63, 3.8) is 0 Å². The third-order valence-electron chi connectivity index (χ3n) is 3.83. The van der Waals surface area contributed by atoms with E-state index >= 15 is 0 Å². The van der Waals surface area contributed by atoms with Crippen molar-refractivity contribution in [2.24, 2.45) is 0 Å². The molecule has 0 aromatic heterocycles. The fourth-order valence-electron chi connectivity index (χ4n) is 2.59. The molecule has 0 saturated heterocycles. The molecule has 1 heterocycles. The summed E-state index contributed by atoms with van der Waals surface area (Å²) in [6.45, 7) is 5.08. The van der Waals surface area contributed by atoms with Crippen molar-refractivity contribution in [3.8, 4) is 11.5 Å². The molecular formula is C21H23N3O6. The lowest BCUT2D eigenvalue weighted by Crippen LogP contribution is -2.37. The number of benzene rings is 2. The number of hydrogen-bond acceptors (Lipinski definition) is 6. The van der Waals surface area contributed by atoms with E-state index in [2.05, 4.69) is 16.0 Å². The van der Waals surface area contributed by atoms with Gasteiger partial charge in [0.1, 0.15) is 12.1 Å². The molecule has 9 nitrogen and oxygen atoms in total. The molecule has 2 aromatic rings. The Balaban J connectivity index is 1.55. The second-order valence-electron chi connectivity index (χ2n) is 7.51. The molecule has 2 aromatic carbocycles. The van der Waals surface area contributed by atoms with Crippen molar-refractivity contribution >= 4 is 29.3 Å². The number of alkyl carbamates (subject to hydrolysis) is 1. The molecule has 1 aliphatic rings. The van der Waals surface area contributed by atoms with Crippen molar-refractivity contribution in [1.82, 2.24) is 5.32 Å². The average molecular weight is 413 g/mol. The first kappa shape index (κ1) is 21.0. The van der Waals surface area contributed by atoms with Crippen LogP contribution in [-0.2, 0) is 9.53 Å². The molecular weight excluding hydrogens is 390 g/mol. The maximum Gasteiger partial charge on any atom is 0.408 e. The molecule has 0 aliphatic carbocycles. The first-order valence-electron chi connectivity index (χ1n) is 9.27. The van der Waals surface area contributed by atoms with E-state index in [4.69, 9.17) is 14.2 Å². The molecule has 0 radical (unpaired) electrons. The van der Waals surface area contributed by atoms with Gasteiger partial charge >= 0.3 is 6.09 Å². The Bertz CT molecular complexity index is 967. The van der Waals surface area contributed by atoms with Gasteiger partial charge in [0.2, 0.25) is 12.7 Å². The number of carbonyl (C=O) groups is 3. The van der Waals surface area contributed by atoms with Gasteiger partial charge in [0.05, 0.1) is 0 Å². The minimum absolute atomic E-state index is 0.130. The van der Waals surface area contributed by atoms with Crippen LogP contribution in [0.1, 0.15) is 31.1 Å². The normalized spacial score (nSPS) is 12.1. The van der Waals surface area contributed by atoms with Crippen molar-refractivity contribution in [3.05, 3.63) is 48.0 Å². The molecule has 9 heteroatoms. The van der Waals surface area contributed by atoms with Crippen molar-refractivity contribution in [2.45, 2.75) is 26.4 Å². The van der Waals surface area contributed by atoms with E-state index in [1.807, 2.05) is 0 Å². The molecule has 1 aliphatic heterocycles. The minimum Gasteiger partial charge on any atom is -0.454 e. The highest BCUT2D eigenvalue weighted by atomic mass is 16.7. The van der Waals surface area contributed by atoms with Crippen LogP contribution in [0.2, 0.25) is 0 Å². The van der Waals surface area contributed by atoms with E-state index in [1.165, 1.54) is 0 Å². The maximum absolute atomic E-state index is 12.5. The van der Waals surface area contributed by atoms with Gasteiger partial charge in [-0.05, 0) is 57.2 Å². The van der Waals surface area contributed by atoms with Crippen molar-refractivity contribution in [2.75, 3.05) is 24.0 Å². The molecule has 3 rings (SSSR count). The van der Waals surface area contributed by atoms with Gasteiger partial charge in [0, 0.05) is 16.9 Å². The fourth-order valence-corrected chi connectivity index (χ4v) is 2.59. The molecule has 30 heavy (non-hydrogen) atoms. The SMILES string of the molecule is CC(C)(C)OC(=O)NCC(=O)Nc1cccc(NC(=O)c2ccc3c(c2)OCO3)c1. The summed E-state index contributed by atoms with van der Waals surface area (Å²) in [5.74, 6) is 0.348. The van der Waals surface area contributed by atoms with Gasteiger partial charge in [0.15, 0.2) is 11.5 Å². The number of carbonyl (C=O) groups excluding carboxylic acids is 3. The zero-order valence-electron chi connectivity index (χ0n) is 16.9. The summed E-state index contributed by atoms with van der Waals surface area (Å²) in [4.78, 5) is 36.2. The van der Waals surface area contributed by atoms with E-state index in [9.17, 15) is 14.4 Å². The quantitative estimate of drug-likeness (QED) is 0.694. The number of anilines is 2. The highest BCUT2D eigenvalue weighted by molar-refractivity contribution is 6.05. The van der Waals surface area contributed by atoms with Crippen molar-refractivity contribution < 1.29 is 28.6 Å². The van der Waals surface area contributed by atoms with Crippen LogP contribution < -0.4 is 25.4 Å². The van der Waals surface area contributed by atoms with E-state index in [1.54, 1.807) is 63.2 Å². The average Bonchev–Trinajstić information content (AvgIpc) is 3.13. The number of amides is 3. The van der Waals surface area contributed by atoms with Gasteiger partial charge in [-0.25, -0.2) is 4.79 Å². The first-order valence-corrected chi connectivity index (χ1v) is 9.27. The van der Waals surface area contributed by atoms with Crippen LogP contribution in [-0.4, -0.2) is 36.8 Å². The summed E-state index contributed by atoms with van der Waals surface area (Å²) >= 11 is 0. The summed E-state index contributed by atoms with van der Waals surface area (Å²) in [6.07, 6.45) is -0.678. The molecule has 0 spiro atoms. The number of nitrogens with one attached hydrogen (secondary N) is 3. The monoisotopic (exact) mass is 413 g/mol. The standard InChI is InChI=1S/C21H23N3O6/c1-21(2,3)30-20(27)22-11-18(25)23-14-5-4-6-15(10-14)24-19(26)13-7-8-16-17(9-13)29-12-28-16/h4-10H,11-12H2,1-3H3,(H,22,27)(H,23,25)(H,24,26). The number of ether oxygens (including phenoxy) is 3. The van der Waals surface area contributed by atoms with Gasteiger partial charge < -0.3 is 30.2 Å². The van der Waals surface area contributed by atoms with Gasteiger partial charge in [-0.15, -0.1) is 0 Å².